The van der Waals surface area contributed by atoms with E-state index in [9.17, 15) is 13.2 Å². The van der Waals surface area contributed by atoms with E-state index in [4.69, 9.17) is 4.74 Å². The van der Waals surface area contributed by atoms with Crippen LogP contribution in [0.25, 0.3) is 0 Å². The van der Waals surface area contributed by atoms with Crippen molar-refractivity contribution < 1.29 is 17.9 Å². The van der Waals surface area contributed by atoms with Crippen molar-refractivity contribution in [3.63, 3.8) is 0 Å². The smallest absolute Gasteiger partial charge is 0.226 e. The van der Waals surface area contributed by atoms with E-state index >= 15 is 0 Å². The normalized spacial score (nSPS) is 19.5. The van der Waals surface area contributed by atoms with Gasteiger partial charge in [0.25, 0.3) is 0 Å². The maximum atomic E-state index is 12.9. The molecule has 2 aliphatic heterocycles. The summed E-state index contributed by atoms with van der Waals surface area (Å²) in [7, 11) is -1.50. The molecule has 0 saturated carbocycles. The molecular formula is C18H26N2O4S. The summed E-state index contributed by atoms with van der Waals surface area (Å²) in [6.45, 7) is 3.89. The first kappa shape index (κ1) is 18.2. The average Bonchev–Trinajstić information content (AvgIpc) is 2.66. The fraction of sp³-hybridized carbons (Fsp3) is 0.611. The zero-order valence-electron chi connectivity index (χ0n) is 14.9. The Morgan fingerprint density at radius 3 is 2.56 bits per heavy atom. The first-order valence-electron chi connectivity index (χ1n) is 8.87. The fourth-order valence-electron chi connectivity index (χ4n) is 3.67. The van der Waals surface area contributed by atoms with Crippen molar-refractivity contribution >= 4 is 15.9 Å². The van der Waals surface area contributed by atoms with Crippen LogP contribution in [0.3, 0.4) is 0 Å². The summed E-state index contributed by atoms with van der Waals surface area (Å²) in [6.07, 6.45) is 2.08. The molecule has 2 heterocycles. The molecule has 1 saturated heterocycles. The summed E-state index contributed by atoms with van der Waals surface area (Å²) in [5.41, 5.74) is 2.42. The Bertz CT molecular complexity index is 739. The van der Waals surface area contributed by atoms with Gasteiger partial charge in [0.2, 0.25) is 15.9 Å². The van der Waals surface area contributed by atoms with Gasteiger partial charge in [-0.05, 0) is 49.4 Å². The van der Waals surface area contributed by atoms with Crippen molar-refractivity contribution in [2.75, 3.05) is 32.5 Å². The van der Waals surface area contributed by atoms with Gasteiger partial charge in [-0.3, -0.25) is 4.79 Å². The number of piperidine rings is 1. The van der Waals surface area contributed by atoms with Gasteiger partial charge in [0.05, 0.1) is 12.9 Å². The number of sulfonamides is 1. The van der Waals surface area contributed by atoms with Gasteiger partial charge < -0.3 is 9.64 Å². The van der Waals surface area contributed by atoms with Crippen molar-refractivity contribution in [3.05, 3.63) is 29.3 Å². The van der Waals surface area contributed by atoms with Crippen LogP contribution in [0.4, 0.5) is 0 Å². The van der Waals surface area contributed by atoms with Crippen molar-refractivity contribution in [1.29, 1.82) is 0 Å². The number of nitrogens with zero attached hydrogens (tertiary/aromatic N) is 2. The SMILES string of the molecule is CCS(=O)(=O)N1CCC(C(=O)N2CCc3ccc(OC)cc3C2)CC1. The number of amides is 1. The second-order valence-corrected chi connectivity index (χ2v) is 8.98. The number of hydrogen-bond donors (Lipinski definition) is 0. The van der Waals surface area contributed by atoms with Crippen LogP contribution >= 0.6 is 0 Å². The number of carbonyl (C=O) groups excluding carboxylic acids is 1. The Morgan fingerprint density at radius 2 is 1.92 bits per heavy atom. The third-order valence-electron chi connectivity index (χ3n) is 5.30. The average molecular weight is 366 g/mol. The molecule has 138 valence electrons. The van der Waals surface area contributed by atoms with Gasteiger partial charge >= 0.3 is 0 Å². The lowest BCUT2D eigenvalue weighted by Gasteiger charge is -2.35. The standard InChI is InChI=1S/C18H26N2O4S/c1-3-25(22,23)20-10-7-15(8-11-20)18(21)19-9-6-14-4-5-17(24-2)12-16(14)13-19/h4-5,12,15H,3,6-11,13H2,1-2H3. The molecule has 0 spiro atoms. The third kappa shape index (κ3) is 3.82. The summed E-state index contributed by atoms with van der Waals surface area (Å²) in [4.78, 5) is 14.8. The lowest BCUT2D eigenvalue weighted by molar-refractivity contribution is -0.137. The molecule has 0 atom stereocenters. The zero-order chi connectivity index (χ0) is 18.0. The minimum Gasteiger partial charge on any atom is -0.497 e. The topological polar surface area (TPSA) is 66.9 Å². The van der Waals surface area contributed by atoms with Crippen LogP contribution in [0.2, 0.25) is 0 Å². The number of hydrogen-bond acceptors (Lipinski definition) is 4. The molecule has 7 heteroatoms. The first-order chi connectivity index (χ1) is 11.9. The highest BCUT2D eigenvalue weighted by molar-refractivity contribution is 7.89. The molecule has 3 rings (SSSR count). The van der Waals surface area contributed by atoms with Crippen molar-refractivity contribution in [3.8, 4) is 5.75 Å². The maximum Gasteiger partial charge on any atom is 0.226 e. The van der Waals surface area contributed by atoms with E-state index in [0.717, 1.165) is 24.3 Å². The Morgan fingerprint density at radius 1 is 1.20 bits per heavy atom. The van der Waals surface area contributed by atoms with Crippen LogP contribution in [0.1, 0.15) is 30.9 Å². The van der Waals surface area contributed by atoms with E-state index in [1.165, 1.54) is 9.87 Å². The molecular weight excluding hydrogens is 340 g/mol. The van der Waals surface area contributed by atoms with Gasteiger partial charge in [-0.2, -0.15) is 0 Å². The lowest BCUT2D eigenvalue weighted by atomic mass is 9.93. The molecule has 2 aliphatic rings. The Labute approximate surface area is 149 Å². The number of benzene rings is 1. The molecule has 1 amide bonds. The first-order valence-corrected chi connectivity index (χ1v) is 10.5. The van der Waals surface area contributed by atoms with Crippen molar-refractivity contribution in [2.45, 2.75) is 32.7 Å². The van der Waals surface area contributed by atoms with Crippen LogP contribution < -0.4 is 4.74 Å². The minimum atomic E-state index is -3.15. The van der Waals surface area contributed by atoms with Gasteiger partial charge in [0.1, 0.15) is 5.75 Å². The summed E-state index contributed by atoms with van der Waals surface area (Å²) in [6, 6.07) is 6.04. The highest BCUT2D eigenvalue weighted by atomic mass is 32.2. The zero-order valence-corrected chi connectivity index (χ0v) is 15.7. The van der Waals surface area contributed by atoms with E-state index in [0.29, 0.717) is 32.5 Å². The molecule has 0 unspecified atom stereocenters. The number of fused-ring (bicyclic) bond motifs is 1. The highest BCUT2D eigenvalue weighted by Crippen LogP contribution is 2.27. The second-order valence-electron chi connectivity index (χ2n) is 6.72. The van der Waals surface area contributed by atoms with Crippen LogP contribution in [0.5, 0.6) is 5.75 Å². The van der Waals surface area contributed by atoms with E-state index in [-0.39, 0.29) is 17.6 Å². The van der Waals surface area contributed by atoms with Gasteiger partial charge in [-0.1, -0.05) is 6.07 Å². The Kier molecular flexibility index (Phi) is 5.34. The molecule has 25 heavy (non-hydrogen) atoms. The van der Waals surface area contributed by atoms with Gasteiger partial charge in [0.15, 0.2) is 0 Å². The molecule has 1 aromatic carbocycles. The molecule has 0 N–H and O–H groups in total. The van der Waals surface area contributed by atoms with E-state index in [1.54, 1.807) is 14.0 Å². The summed E-state index contributed by atoms with van der Waals surface area (Å²) < 4.78 is 30.7. The number of rotatable bonds is 4. The van der Waals surface area contributed by atoms with E-state index in [1.807, 2.05) is 17.0 Å². The summed E-state index contributed by atoms with van der Waals surface area (Å²) in [5.74, 6) is 1.01. The van der Waals surface area contributed by atoms with Crippen LogP contribution in [-0.2, 0) is 27.8 Å². The summed E-state index contributed by atoms with van der Waals surface area (Å²) >= 11 is 0. The molecule has 0 bridgehead atoms. The molecule has 0 aromatic heterocycles. The molecule has 0 aliphatic carbocycles. The molecule has 1 fully saturated rings. The number of carbonyl (C=O) groups is 1. The number of methoxy groups -OCH3 is 1. The Hall–Kier alpha value is -1.60. The quantitative estimate of drug-likeness (QED) is 0.813. The predicted octanol–water partition coefficient (Wildman–Crippen LogP) is 1.64. The minimum absolute atomic E-state index is 0.0736. The van der Waals surface area contributed by atoms with Crippen LogP contribution in [0, 0.1) is 5.92 Å². The molecule has 6 nitrogen and oxygen atoms in total. The monoisotopic (exact) mass is 366 g/mol. The van der Waals surface area contributed by atoms with Gasteiger partial charge in [-0.25, -0.2) is 12.7 Å². The van der Waals surface area contributed by atoms with Crippen LogP contribution in [-0.4, -0.2) is 56.0 Å². The van der Waals surface area contributed by atoms with Crippen LogP contribution in [0.15, 0.2) is 18.2 Å². The fourth-order valence-corrected chi connectivity index (χ4v) is 4.80. The second kappa shape index (κ2) is 7.33. The van der Waals surface area contributed by atoms with Crippen molar-refractivity contribution in [2.24, 2.45) is 5.92 Å². The largest absolute Gasteiger partial charge is 0.497 e. The highest BCUT2D eigenvalue weighted by Gasteiger charge is 2.33. The molecule has 1 aromatic rings. The third-order valence-corrected chi connectivity index (χ3v) is 7.18. The Balaban J connectivity index is 1.63. The summed E-state index contributed by atoms with van der Waals surface area (Å²) in [5, 5.41) is 0. The van der Waals surface area contributed by atoms with E-state index < -0.39 is 10.0 Å². The van der Waals surface area contributed by atoms with Crippen molar-refractivity contribution in [1.82, 2.24) is 9.21 Å². The van der Waals surface area contributed by atoms with E-state index in [2.05, 4.69) is 6.07 Å². The molecule has 0 radical (unpaired) electrons. The van der Waals surface area contributed by atoms with Gasteiger partial charge in [-0.15, -0.1) is 0 Å². The maximum absolute atomic E-state index is 12.9. The predicted molar refractivity (Wildman–Crippen MR) is 95.9 cm³/mol. The van der Waals surface area contributed by atoms with Gasteiger partial charge in [0, 0.05) is 32.1 Å². The lowest BCUT2D eigenvalue weighted by Crippen LogP contribution is -2.45. The number of ether oxygens (including phenoxy) is 1.